The monoisotopic (exact) mass is 378 g/mol. The van der Waals surface area contributed by atoms with Gasteiger partial charge in [-0.15, -0.1) is 0 Å². The first kappa shape index (κ1) is 13.1. The zero-order valence-electron chi connectivity index (χ0n) is 9.46. The van der Waals surface area contributed by atoms with Crippen LogP contribution in [0, 0.1) is 3.57 Å². The third-order valence-corrected chi connectivity index (χ3v) is 4.33. The summed E-state index contributed by atoms with van der Waals surface area (Å²) in [5.41, 5.74) is 6.04. The molecule has 0 saturated carbocycles. The third kappa shape index (κ3) is 2.75. The van der Waals surface area contributed by atoms with E-state index in [1.165, 1.54) is 10.9 Å². The van der Waals surface area contributed by atoms with E-state index in [1.54, 1.807) is 19.2 Å². The van der Waals surface area contributed by atoms with Gasteiger partial charge in [-0.3, -0.25) is 9.40 Å². The standard InChI is InChI=1S/C10H11IN4O2S/c1-15-6-9(10(12)13-15)18(16,17)14-8-4-2-7(11)3-5-8/h2-6,14H,1H3,(H2,12,13). The van der Waals surface area contributed by atoms with E-state index >= 15 is 0 Å². The summed E-state index contributed by atoms with van der Waals surface area (Å²) in [6.07, 6.45) is 1.37. The molecular formula is C10H11IN4O2S. The van der Waals surface area contributed by atoms with E-state index in [1.807, 2.05) is 12.1 Å². The van der Waals surface area contributed by atoms with Gasteiger partial charge in [-0.1, -0.05) is 0 Å². The molecule has 8 heteroatoms. The molecule has 18 heavy (non-hydrogen) atoms. The summed E-state index contributed by atoms with van der Waals surface area (Å²) in [6.45, 7) is 0. The maximum Gasteiger partial charge on any atom is 0.267 e. The van der Waals surface area contributed by atoms with Crippen LogP contribution in [0.15, 0.2) is 35.4 Å². The second-order valence-corrected chi connectivity index (χ2v) is 6.56. The molecule has 6 nitrogen and oxygen atoms in total. The predicted octanol–water partition coefficient (Wildman–Crippen LogP) is 1.41. The Kier molecular flexibility index (Phi) is 3.48. The zero-order chi connectivity index (χ0) is 13.3. The third-order valence-electron chi connectivity index (χ3n) is 2.21. The zero-order valence-corrected chi connectivity index (χ0v) is 12.4. The van der Waals surface area contributed by atoms with Gasteiger partial charge in [0, 0.05) is 22.5 Å². The van der Waals surface area contributed by atoms with Crippen molar-refractivity contribution in [3.63, 3.8) is 0 Å². The molecule has 2 aromatic rings. The fourth-order valence-corrected chi connectivity index (χ4v) is 2.94. The molecule has 3 N–H and O–H groups in total. The summed E-state index contributed by atoms with van der Waals surface area (Å²) in [7, 11) is -2.09. The van der Waals surface area contributed by atoms with Crippen LogP contribution in [0.5, 0.6) is 0 Å². The minimum absolute atomic E-state index is 0.0180. The highest BCUT2D eigenvalue weighted by molar-refractivity contribution is 14.1. The Morgan fingerprint density at radius 1 is 1.33 bits per heavy atom. The van der Waals surface area contributed by atoms with Crippen molar-refractivity contribution in [2.24, 2.45) is 7.05 Å². The van der Waals surface area contributed by atoms with Crippen molar-refractivity contribution >= 4 is 44.1 Å². The Morgan fingerprint density at radius 2 is 1.94 bits per heavy atom. The highest BCUT2D eigenvalue weighted by atomic mass is 127. The number of aromatic nitrogens is 2. The van der Waals surface area contributed by atoms with Crippen LogP contribution >= 0.6 is 22.6 Å². The lowest BCUT2D eigenvalue weighted by atomic mass is 10.3. The Labute approximate surface area is 118 Å². The molecule has 1 aromatic heterocycles. The molecule has 0 spiro atoms. The number of anilines is 2. The van der Waals surface area contributed by atoms with Gasteiger partial charge < -0.3 is 5.73 Å². The normalized spacial score (nSPS) is 11.4. The number of hydrogen-bond acceptors (Lipinski definition) is 4. The molecule has 0 aliphatic carbocycles. The number of halogens is 1. The Bertz CT molecular complexity index is 664. The number of rotatable bonds is 3. The molecule has 0 fully saturated rings. The summed E-state index contributed by atoms with van der Waals surface area (Å²) in [4.78, 5) is -0.0245. The quantitative estimate of drug-likeness (QED) is 0.791. The molecule has 0 atom stereocenters. The maximum atomic E-state index is 12.1. The summed E-state index contributed by atoms with van der Waals surface area (Å²) in [5.74, 6) is -0.0180. The van der Waals surface area contributed by atoms with Crippen molar-refractivity contribution in [1.82, 2.24) is 9.78 Å². The number of nitrogens with zero attached hydrogens (tertiary/aromatic N) is 2. The van der Waals surface area contributed by atoms with E-state index < -0.39 is 10.0 Å². The number of aryl methyl sites for hydroxylation is 1. The van der Waals surface area contributed by atoms with Crippen molar-refractivity contribution in [3.05, 3.63) is 34.0 Å². The molecule has 0 radical (unpaired) electrons. The van der Waals surface area contributed by atoms with Crippen molar-refractivity contribution in [2.45, 2.75) is 4.90 Å². The van der Waals surface area contributed by atoms with Crippen LogP contribution < -0.4 is 10.5 Å². The minimum Gasteiger partial charge on any atom is -0.381 e. The van der Waals surface area contributed by atoms with Gasteiger partial charge in [-0.25, -0.2) is 8.42 Å². The van der Waals surface area contributed by atoms with Gasteiger partial charge in [0.1, 0.15) is 4.90 Å². The van der Waals surface area contributed by atoms with Gasteiger partial charge in [-0.2, -0.15) is 5.10 Å². The van der Waals surface area contributed by atoms with Crippen molar-refractivity contribution in [3.8, 4) is 0 Å². The summed E-state index contributed by atoms with van der Waals surface area (Å²) in [5, 5.41) is 3.81. The molecule has 1 aromatic carbocycles. The molecule has 0 aliphatic heterocycles. The van der Waals surface area contributed by atoms with Gasteiger partial charge in [0.2, 0.25) is 0 Å². The number of nitrogen functional groups attached to an aromatic ring is 1. The van der Waals surface area contributed by atoms with E-state index in [0.717, 1.165) is 3.57 Å². The van der Waals surface area contributed by atoms with Crippen LogP contribution in [0.2, 0.25) is 0 Å². The molecule has 96 valence electrons. The largest absolute Gasteiger partial charge is 0.381 e. The molecule has 1 heterocycles. The van der Waals surface area contributed by atoms with Crippen LogP contribution in [0.25, 0.3) is 0 Å². The van der Waals surface area contributed by atoms with Crippen molar-refractivity contribution < 1.29 is 8.42 Å². The SMILES string of the molecule is Cn1cc(S(=O)(=O)Nc2ccc(I)cc2)c(N)n1. The van der Waals surface area contributed by atoms with Crippen LogP contribution in [-0.4, -0.2) is 18.2 Å². The van der Waals surface area contributed by atoms with E-state index in [-0.39, 0.29) is 10.7 Å². The lowest BCUT2D eigenvalue weighted by molar-refractivity contribution is 0.601. The second-order valence-electron chi connectivity index (χ2n) is 3.66. The number of sulfonamides is 1. The lowest BCUT2D eigenvalue weighted by Crippen LogP contribution is -2.13. The Balaban J connectivity index is 2.33. The van der Waals surface area contributed by atoms with Crippen LogP contribution in [0.1, 0.15) is 0 Å². The topological polar surface area (TPSA) is 90.0 Å². The van der Waals surface area contributed by atoms with Gasteiger partial charge >= 0.3 is 0 Å². The van der Waals surface area contributed by atoms with Crippen molar-refractivity contribution in [2.75, 3.05) is 10.5 Å². The Hall–Kier alpha value is -1.29. The molecule has 0 unspecified atom stereocenters. The number of nitrogens with one attached hydrogen (secondary N) is 1. The van der Waals surface area contributed by atoms with E-state index in [4.69, 9.17) is 5.73 Å². The first-order valence-corrected chi connectivity index (χ1v) is 7.52. The van der Waals surface area contributed by atoms with Gasteiger partial charge in [0.25, 0.3) is 10.0 Å². The number of hydrogen-bond donors (Lipinski definition) is 2. The lowest BCUT2D eigenvalue weighted by Gasteiger charge is -2.06. The highest BCUT2D eigenvalue weighted by Gasteiger charge is 2.20. The molecular weight excluding hydrogens is 367 g/mol. The summed E-state index contributed by atoms with van der Waals surface area (Å²) >= 11 is 2.14. The average Bonchev–Trinajstić information content (AvgIpc) is 2.62. The van der Waals surface area contributed by atoms with E-state index in [9.17, 15) is 8.42 Å². The Morgan fingerprint density at radius 3 is 2.44 bits per heavy atom. The van der Waals surface area contributed by atoms with Crippen LogP contribution in [0.3, 0.4) is 0 Å². The first-order chi connectivity index (χ1) is 8.38. The van der Waals surface area contributed by atoms with Crippen LogP contribution in [0.4, 0.5) is 11.5 Å². The van der Waals surface area contributed by atoms with E-state index in [2.05, 4.69) is 32.4 Å². The predicted molar refractivity (Wildman–Crippen MR) is 77.6 cm³/mol. The van der Waals surface area contributed by atoms with Gasteiger partial charge in [-0.05, 0) is 46.9 Å². The maximum absolute atomic E-state index is 12.1. The van der Waals surface area contributed by atoms with Gasteiger partial charge in [0.15, 0.2) is 5.82 Å². The second kappa shape index (κ2) is 4.76. The minimum atomic E-state index is -3.70. The fourth-order valence-electron chi connectivity index (χ4n) is 1.42. The summed E-state index contributed by atoms with van der Waals surface area (Å²) < 4.78 is 29.0. The number of benzene rings is 1. The van der Waals surface area contributed by atoms with Crippen molar-refractivity contribution in [1.29, 1.82) is 0 Å². The molecule has 2 rings (SSSR count). The smallest absolute Gasteiger partial charge is 0.267 e. The first-order valence-electron chi connectivity index (χ1n) is 4.96. The van der Waals surface area contributed by atoms with E-state index in [0.29, 0.717) is 5.69 Å². The molecule has 0 aliphatic rings. The highest BCUT2D eigenvalue weighted by Crippen LogP contribution is 2.20. The average molecular weight is 378 g/mol. The molecule has 0 amide bonds. The summed E-state index contributed by atoms with van der Waals surface area (Å²) in [6, 6.07) is 6.99. The number of nitrogens with two attached hydrogens (primary N) is 1. The van der Waals surface area contributed by atoms with Gasteiger partial charge in [0.05, 0.1) is 0 Å². The molecule has 0 saturated heterocycles. The fraction of sp³-hybridized carbons (Fsp3) is 0.100. The molecule has 0 bridgehead atoms. The van der Waals surface area contributed by atoms with Crippen LogP contribution in [-0.2, 0) is 17.1 Å².